The molecule has 1 aliphatic carbocycles. The van der Waals surface area contributed by atoms with Crippen LogP contribution in [0.2, 0.25) is 0 Å². The maximum atomic E-state index is 4.97. The third kappa shape index (κ3) is 5.65. The predicted molar refractivity (Wildman–Crippen MR) is 131 cm³/mol. The highest BCUT2D eigenvalue weighted by Gasteiger charge is 2.38. The summed E-state index contributed by atoms with van der Waals surface area (Å²) in [5.74, 6) is 2.27. The Morgan fingerprint density at radius 2 is 2.00 bits per heavy atom. The van der Waals surface area contributed by atoms with Crippen molar-refractivity contribution in [2.45, 2.75) is 50.3 Å². The van der Waals surface area contributed by atoms with E-state index in [-0.39, 0.29) is 24.0 Å². The second-order valence-corrected chi connectivity index (χ2v) is 9.25. The molecular weight excluding hydrogens is 495 g/mol. The molecule has 0 unspecified atom stereocenters. The fourth-order valence-corrected chi connectivity index (χ4v) is 5.78. The van der Waals surface area contributed by atoms with Crippen LogP contribution in [-0.4, -0.2) is 55.8 Å². The third-order valence-electron chi connectivity index (χ3n) is 5.68. The summed E-state index contributed by atoms with van der Waals surface area (Å²) >= 11 is 2.20. The van der Waals surface area contributed by atoms with Gasteiger partial charge in [-0.25, -0.2) is 14.7 Å². The fourth-order valence-electron chi connectivity index (χ4n) is 4.21. The number of rotatable bonds is 4. The van der Waals surface area contributed by atoms with Crippen LogP contribution in [-0.2, 0) is 6.54 Å². The normalized spacial score (nSPS) is 19.1. The number of aliphatic imine (C=N–C) groups is 1. The van der Waals surface area contributed by atoms with Gasteiger partial charge in [0.15, 0.2) is 5.96 Å². The Labute approximate surface area is 195 Å². The Hall–Kier alpha value is -1.29. The highest BCUT2D eigenvalue weighted by atomic mass is 127. The minimum atomic E-state index is 0. The van der Waals surface area contributed by atoms with Crippen LogP contribution in [0.25, 0.3) is 5.69 Å². The first-order valence-electron chi connectivity index (χ1n) is 10.4. The van der Waals surface area contributed by atoms with Gasteiger partial charge < -0.3 is 10.2 Å². The highest BCUT2D eigenvalue weighted by molar-refractivity contribution is 14.0. The van der Waals surface area contributed by atoms with E-state index in [1.54, 1.807) is 17.3 Å². The van der Waals surface area contributed by atoms with Crippen molar-refractivity contribution in [3.8, 4) is 5.69 Å². The minimum Gasteiger partial charge on any atom is -0.357 e. The first-order valence-corrected chi connectivity index (χ1v) is 11.4. The summed E-state index contributed by atoms with van der Waals surface area (Å²) < 4.78 is 2.22. The second kappa shape index (κ2) is 10.7. The first kappa shape index (κ1) is 22.4. The molecule has 29 heavy (non-hydrogen) atoms. The monoisotopic (exact) mass is 526 g/mol. The Morgan fingerprint density at radius 1 is 1.21 bits per heavy atom. The summed E-state index contributed by atoms with van der Waals surface area (Å²) in [5.41, 5.74) is 2.22. The van der Waals surface area contributed by atoms with Gasteiger partial charge in [-0.2, -0.15) is 16.9 Å². The van der Waals surface area contributed by atoms with Crippen LogP contribution in [0.5, 0.6) is 0 Å². The highest BCUT2D eigenvalue weighted by Crippen LogP contribution is 2.42. The molecule has 4 rings (SSSR count). The van der Waals surface area contributed by atoms with Crippen molar-refractivity contribution in [2.75, 3.05) is 25.4 Å². The van der Waals surface area contributed by atoms with Crippen LogP contribution in [0.4, 0.5) is 0 Å². The molecule has 2 aliphatic rings. The van der Waals surface area contributed by atoms with E-state index < -0.39 is 0 Å². The fraction of sp³-hybridized carbons (Fsp3) is 0.571. The van der Waals surface area contributed by atoms with Crippen LogP contribution in [0.15, 0.2) is 41.9 Å². The molecule has 2 aromatic rings. The van der Waals surface area contributed by atoms with E-state index in [4.69, 9.17) is 4.99 Å². The molecule has 158 valence electrons. The zero-order chi connectivity index (χ0) is 19.2. The Morgan fingerprint density at radius 3 is 2.69 bits per heavy atom. The molecular formula is C21H31IN6S. The molecule has 0 radical (unpaired) electrons. The molecule has 1 aromatic carbocycles. The van der Waals surface area contributed by atoms with Gasteiger partial charge in [-0.3, -0.25) is 0 Å². The van der Waals surface area contributed by atoms with Crippen LogP contribution in [0.1, 0.15) is 44.6 Å². The molecule has 1 saturated heterocycles. The summed E-state index contributed by atoms with van der Waals surface area (Å²) in [6.07, 6.45) is 10.2. The van der Waals surface area contributed by atoms with Gasteiger partial charge in [0.05, 0.1) is 12.2 Å². The van der Waals surface area contributed by atoms with Gasteiger partial charge in [0, 0.05) is 30.1 Å². The molecule has 1 aromatic heterocycles. The number of aromatic nitrogens is 3. The van der Waals surface area contributed by atoms with Gasteiger partial charge in [0.1, 0.15) is 12.7 Å². The SMILES string of the molecule is CCNC(=NCc1ccc(-n2cncn2)cc1)N1CCSC2(CCCCC2)C1.I. The van der Waals surface area contributed by atoms with Crippen molar-refractivity contribution in [3.05, 3.63) is 42.5 Å². The maximum absolute atomic E-state index is 4.97. The number of halogens is 1. The second-order valence-electron chi connectivity index (χ2n) is 7.69. The maximum Gasteiger partial charge on any atom is 0.194 e. The smallest absolute Gasteiger partial charge is 0.194 e. The molecule has 8 heteroatoms. The molecule has 6 nitrogen and oxygen atoms in total. The van der Waals surface area contributed by atoms with E-state index in [1.807, 2.05) is 0 Å². The zero-order valence-corrected chi connectivity index (χ0v) is 20.2. The molecule has 0 bridgehead atoms. The average Bonchev–Trinajstić information content (AvgIpc) is 3.27. The van der Waals surface area contributed by atoms with Gasteiger partial charge in [-0.05, 0) is 37.5 Å². The lowest BCUT2D eigenvalue weighted by Gasteiger charge is -2.45. The number of guanidine groups is 1. The quantitative estimate of drug-likeness (QED) is 0.370. The van der Waals surface area contributed by atoms with Crippen molar-refractivity contribution < 1.29 is 0 Å². The van der Waals surface area contributed by atoms with Crippen LogP contribution >= 0.6 is 35.7 Å². The van der Waals surface area contributed by atoms with Crippen molar-refractivity contribution >= 4 is 41.7 Å². The number of thioether (sulfide) groups is 1. The molecule has 2 heterocycles. The standard InChI is InChI=1S/C21H30N6S.HI/c1-2-23-20(26-12-13-28-21(15-26)10-4-3-5-11-21)24-14-18-6-8-19(9-7-18)27-17-22-16-25-27;/h6-9,16-17H,2-5,10-15H2,1H3,(H,23,24);1H. The largest absolute Gasteiger partial charge is 0.357 e. The first-order chi connectivity index (χ1) is 13.8. The summed E-state index contributed by atoms with van der Waals surface area (Å²) in [4.78, 5) is 11.5. The molecule has 1 saturated carbocycles. The van der Waals surface area contributed by atoms with Gasteiger partial charge in [-0.1, -0.05) is 31.4 Å². The van der Waals surface area contributed by atoms with E-state index >= 15 is 0 Å². The summed E-state index contributed by atoms with van der Waals surface area (Å²) in [7, 11) is 0. The Balaban J connectivity index is 0.00000240. The predicted octanol–water partition coefficient (Wildman–Crippen LogP) is 4.10. The van der Waals surface area contributed by atoms with Crippen LogP contribution in [0, 0.1) is 0 Å². The van der Waals surface area contributed by atoms with Crippen molar-refractivity contribution in [2.24, 2.45) is 4.99 Å². The summed E-state index contributed by atoms with van der Waals surface area (Å²) in [6.45, 7) is 5.97. The lowest BCUT2D eigenvalue weighted by Crippen LogP contribution is -2.53. The average molecular weight is 526 g/mol. The number of hydrogen-bond acceptors (Lipinski definition) is 4. The summed E-state index contributed by atoms with van der Waals surface area (Å²) in [6, 6.07) is 8.39. The molecule has 1 N–H and O–H groups in total. The summed E-state index contributed by atoms with van der Waals surface area (Å²) in [5, 5.41) is 7.70. The Bertz CT molecular complexity index is 765. The van der Waals surface area contributed by atoms with E-state index in [2.05, 4.69) is 63.3 Å². The molecule has 1 spiro atoms. The van der Waals surface area contributed by atoms with Gasteiger partial charge >= 0.3 is 0 Å². The van der Waals surface area contributed by atoms with Gasteiger partial charge in [-0.15, -0.1) is 24.0 Å². The zero-order valence-electron chi connectivity index (χ0n) is 17.1. The molecule has 0 amide bonds. The molecule has 0 atom stereocenters. The number of nitrogens with one attached hydrogen (secondary N) is 1. The van der Waals surface area contributed by atoms with Crippen LogP contribution < -0.4 is 5.32 Å². The lowest BCUT2D eigenvalue weighted by molar-refractivity contribution is 0.293. The van der Waals surface area contributed by atoms with E-state index in [9.17, 15) is 0 Å². The third-order valence-corrected chi connectivity index (χ3v) is 7.22. The van der Waals surface area contributed by atoms with E-state index in [0.717, 1.165) is 31.3 Å². The van der Waals surface area contributed by atoms with Gasteiger partial charge in [0.2, 0.25) is 0 Å². The van der Waals surface area contributed by atoms with Gasteiger partial charge in [0.25, 0.3) is 0 Å². The topological polar surface area (TPSA) is 58.3 Å². The molecule has 1 aliphatic heterocycles. The van der Waals surface area contributed by atoms with Crippen molar-refractivity contribution in [3.63, 3.8) is 0 Å². The van der Waals surface area contributed by atoms with Crippen molar-refractivity contribution in [1.29, 1.82) is 0 Å². The van der Waals surface area contributed by atoms with Crippen molar-refractivity contribution in [1.82, 2.24) is 25.0 Å². The minimum absolute atomic E-state index is 0. The number of benzene rings is 1. The molecule has 2 fully saturated rings. The Kier molecular flexibility index (Phi) is 8.23. The number of nitrogens with zero attached hydrogens (tertiary/aromatic N) is 5. The van der Waals surface area contributed by atoms with E-state index in [0.29, 0.717) is 11.3 Å². The lowest BCUT2D eigenvalue weighted by atomic mass is 9.87. The van der Waals surface area contributed by atoms with E-state index in [1.165, 1.54) is 43.4 Å². The van der Waals surface area contributed by atoms with Crippen LogP contribution in [0.3, 0.4) is 0 Å². The number of hydrogen-bond donors (Lipinski definition) is 1.